The maximum atomic E-state index is 12.4. The van der Waals surface area contributed by atoms with Crippen LogP contribution in [0.4, 0.5) is 17.1 Å². The Labute approximate surface area is 156 Å². The number of hydrogen-bond acceptors (Lipinski definition) is 5. The number of hydrogen-bond donors (Lipinski definition) is 2. The summed E-state index contributed by atoms with van der Waals surface area (Å²) >= 11 is 0. The Bertz CT molecular complexity index is 893. The Kier molecular flexibility index (Phi) is 6.12. The Morgan fingerprint density at radius 3 is 2.37 bits per heavy atom. The standard InChI is InChI=1S/C19H21N3O5/c1-11(2)18(23)21-15-7-6-14(10-17(15)27-4)20-19(24)13-5-8-16(22(25)26)12(3)9-13/h5-11H,1-4H3,(H,20,24)(H,21,23). The van der Waals surface area contributed by atoms with Crippen LogP contribution in [-0.4, -0.2) is 23.8 Å². The highest BCUT2D eigenvalue weighted by Crippen LogP contribution is 2.29. The van der Waals surface area contributed by atoms with E-state index in [1.54, 1.807) is 39.0 Å². The Morgan fingerprint density at radius 1 is 1.11 bits per heavy atom. The van der Waals surface area contributed by atoms with Crippen LogP contribution in [0.15, 0.2) is 36.4 Å². The molecule has 0 aromatic heterocycles. The SMILES string of the molecule is COc1cc(NC(=O)c2ccc([N+](=O)[O-])c(C)c2)ccc1NC(=O)C(C)C. The average Bonchev–Trinajstić information content (AvgIpc) is 2.62. The molecule has 0 saturated carbocycles. The molecule has 0 aliphatic carbocycles. The van der Waals surface area contributed by atoms with Crippen LogP contribution in [0.25, 0.3) is 0 Å². The summed E-state index contributed by atoms with van der Waals surface area (Å²) in [6.45, 7) is 5.13. The van der Waals surface area contributed by atoms with E-state index in [1.807, 2.05) is 0 Å². The van der Waals surface area contributed by atoms with E-state index in [0.29, 0.717) is 28.3 Å². The van der Waals surface area contributed by atoms with Crippen LogP contribution in [0.3, 0.4) is 0 Å². The average molecular weight is 371 g/mol. The van der Waals surface area contributed by atoms with Crippen LogP contribution in [-0.2, 0) is 4.79 Å². The van der Waals surface area contributed by atoms with E-state index >= 15 is 0 Å². The summed E-state index contributed by atoms with van der Waals surface area (Å²) in [5, 5.41) is 16.3. The number of carbonyl (C=O) groups excluding carboxylic acids is 2. The number of aryl methyl sites for hydroxylation is 1. The van der Waals surface area contributed by atoms with Gasteiger partial charge in [-0.2, -0.15) is 0 Å². The Hall–Kier alpha value is -3.42. The van der Waals surface area contributed by atoms with Crippen molar-refractivity contribution >= 4 is 28.9 Å². The topological polar surface area (TPSA) is 111 Å². The molecule has 2 aromatic rings. The van der Waals surface area contributed by atoms with E-state index in [1.165, 1.54) is 25.3 Å². The van der Waals surface area contributed by atoms with Crippen molar-refractivity contribution in [2.45, 2.75) is 20.8 Å². The van der Waals surface area contributed by atoms with E-state index in [9.17, 15) is 19.7 Å². The number of nitro benzene ring substituents is 1. The number of ether oxygens (including phenoxy) is 1. The van der Waals surface area contributed by atoms with Gasteiger partial charge in [0.25, 0.3) is 11.6 Å². The lowest BCUT2D eigenvalue weighted by Gasteiger charge is -2.14. The van der Waals surface area contributed by atoms with Crippen molar-refractivity contribution < 1.29 is 19.2 Å². The summed E-state index contributed by atoms with van der Waals surface area (Å²) in [5.74, 6) is -0.332. The fraction of sp³-hybridized carbons (Fsp3) is 0.263. The molecular formula is C19H21N3O5. The number of nitrogens with one attached hydrogen (secondary N) is 2. The lowest BCUT2D eigenvalue weighted by atomic mass is 10.1. The van der Waals surface area contributed by atoms with E-state index < -0.39 is 10.8 Å². The van der Waals surface area contributed by atoms with Crippen molar-refractivity contribution in [3.05, 3.63) is 57.6 Å². The summed E-state index contributed by atoms with van der Waals surface area (Å²) in [4.78, 5) is 34.6. The van der Waals surface area contributed by atoms with Crippen molar-refractivity contribution in [3.63, 3.8) is 0 Å². The summed E-state index contributed by atoms with van der Waals surface area (Å²) in [7, 11) is 1.46. The fourth-order valence-corrected chi connectivity index (χ4v) is 2.35. The number of benzene rings is 2. The van der Waals surface area contributed by atoms with Crippen LogP contribution in [0.5, 0.6) is 5.75 Å². The highest BCUT2D eigenvalue weighted by molar-refractivity contribution is 6.05. The molecule has 2 aromatic carbocycles. The first-order valence-electron chi connectivity index (χ1n) is 8.28. The molecule has 8 nitrogen and oxygen atoms in total. The summed E-state index contributed by atoms with van der Waals surface area (Å²) in [6, 6.07) is 9.02. The van der Waals surface area contributed by atoms with E-state index in [-0.39, 0.29) is 17.5 Å². The van der Waals surface area contributed by atoms with Crippen molar-refractivity contribution in [2.75, 3.05) is 17.7 Å². The van der Waals surface area contributed by atoms with Gasteiger partial charge in [-0.15, -0.1) is 0 Å². The predicted octanol–water partition coefficient (Wildman–Crippen LogP) is 3.76. The maximum Gasteiger partial charge on any atom is 0.272 e. The number of amides is 2. The third kappa shape index (κ3) is 4.81. The smallest absolute Gasteiger partial charge is 0.272 e. The summed E-state index contributed by atoms with van der Waals surface area (Å²) < 4.78 is 5.27. The molecule has 0 aliphatic rings. The van der Waals surface area contributed by atoms with Gasteiger partial charge < -0.3 is 15.4 Å². The molecule has 0 saturated heterocycles. The van der Waals surface area contributed by atoms with Crippen LogP contribution < -0.4 is 15.4 Å². The molecular weight excluding hydrogens is 350 g/mol. The van der Waals surface area contributed by atoms with Crippen molar-refractivity contribution in [1.82, 2.24) is 0 Å². The molecule has 0 spiro atoms. The zero-order chi connectivity index (χ0) is 20.1. The second-order valence-electron chi connectivity index (χ2n) is 6.27. The number of methoxy groups -OCH3 is 1. The second-order valence-corrected chi connectivity index (χ2v) is 6.27. The van der Waals surface area contributed by atoms with Crippen LogP contribution >= 0.6 is 0 Å². The second kappa shape index (κ2) is 8.31. The molecule has 0 radical (unpaired) electrons. The summed E-state index contributed by atoms with van der Waals surface area (Å²) in [6.07, 6.45) is 0. The molecule has 0 aliphatic heterocycles. The lowest BCUT2D eigenvalue weighted by molar-refractivity contribution is -0.385. The van der Waals surface area contributed by atoms with Gasteiger partial charge in [0.2, 0.25) is 5.91 Å². The maximum absolute atomic E-state index is 12.4. The molecule has 8 heteroatoms. The quantitative estimate of drug-likeness (QED) is 0.593. The first-order valence-corrected chi connectivity index (χ1v) is 8.28. The highest BCUT2D eigenvalue weighted by atomic mass is 16.6. The first-order chi connectivity index (χ1) is 12.7. The summed E-state index contributed by atoms with van der Waals surface area (Å²) in [5.41, 5.74) is 1.63. The third-order valence-corrected chi connectivity index (χ3v) is 3.90. The van der Waals surface area contributed by atoms with Gasteiger partial charge >= 0.3 is 0 Å². The molecule has 0 heterocycles. The van der Waals surface area contributed by atoms with Crippen LogP contribution in [0.1, 0.15) is 29.8 Å². The molecule has 2 amide bonds. The van der Waals surface area contributed by atoms with Gasteiger partial charge in [-0.1, -0.05) is 13.8 Å². The lowest BCUT2D eigenvalue weighted by Crippen LogP contribution is -2.18. The van der Waals surface area contributed by atoms with E-state index in [4.69, 9.17) is 4.74 Å². The van der Waals surface area contributed by atoms with Crippen molar-refractivity contribution in [3.8, 4) is 5.75 Å². The van der Waals surface area contributed by atoms with Gasteiger partial charge in [0.15, 0.2) is 0 Å². The number of rotatable bonds is 6. The molecule has 142 valence electrons. The monoisotopic (exact) mass is 371 g/mol. The van der Waals surface area contributed by atoms with Crippen LogP contribution in [0, 0.1) is 23.0 Å². The molecule has 2 N–H and O–H groups in total. The molecule has 2 rings (SSSR count). The predicted molar refractivity (Wildman–Crippen MR) is 102 cm³/mol. The van der Waals surface area contributed by atoms with Crippen molar-refractivity contribution in [1.29, 1.82) is 0 Å². The molecule has 0 bridgehead atoms. The van der Waals surface area contributed by atoms with E-state index in [2.05, 4.69) is 10.6 Å². The molecule has 0 unspecified atom stereocenters. The Balaban J connectivity index is 2.19. The zero-order valence-electron chi connectivity index (χ0n) is 15.5. The van der Waals surface area contributed by atoms with Gasteiger partial charge in [-0.3, -0.25) is 19.7 Å². The highest BCUT2D eigenvalue weighted by Gasteiger charge is 2.15. The van der Waals surface area contributed by atoms with Gasteiger partial charge in [-0.25, -0.2) is 0 Å². The number of anilines is 2. The molecule has 0 atom stereocenters. The third-order valence-electron chi connectivity index (χ3n) is 3.90. The zero-order valence-corrected chi connectivity index (χ0v) is 15.5. The minimum Gasteiger partial charge on any atom is -0.494 e. The largest absolute Gasteiger partial charge is 0.494 e. The van der Waals surface area contributed by atoms with Gasteiger partial charge in [0.05, 0.1) is 17.7 Å². The van der Waals surface area contributed by atoms with Crippen LogP contribution in [0.2, 0.25) is 0 Å². The van der Waals surface area contributed by atoms with Gasteiger partial charge in [-0.05, 0) is 31.2 Å². The van der Waals surface area contributed by atoms with E-state index in [0.717, 1.165) is 0 Å². The number of nitro groups is 1. The van der Waals surface area contributed by atoms with Gasteiger partial charge in [0.1, 0.15) is 5.75 Å². The molecule has 0 fully saturated rings. The molecule has 27 heavy (non-hydrogen) atoms. The normalized spacial score (nSPS) is 10.4. The fourth-order valence-electron chi connectivity index (χ4n) is 2.35. The van der Waals surface area contributed by atoms with Crippen molar-refractivity contribution in [2.24, 2.45) is 5.92 Å². The minimum absolute atomic E-state index is 0.0431. The Morgan fingerprint density at radius 2 is 1.81 bits per heavy atom. The minimum atomic E-state index is -0.494. The number of nitrogens with zero attached hydrogens (tertiary/aromatic N) is 1. The number of carbonyl (C=O) groups is 2. The van der Waals surface area contributed by atoms with Gasteiger partial charge in [0, 0.05) is 34.9 Å². The first kappa shape index (κ1) is 19.9.